The van der Waals surface area contributed by atoms with Crippen LogP contribution in [0.15, 0.2) is 55.1 Å². The van der Waals surface area contributed by atoms with Crippen molar-refractivity contribution >= 4 is 27.8 Å². The fraction of sp³-hybridized carbons (Fsp3) is 0.130. The van der Waals surface area contributed by atoms with Crippen LogP contribution in [0.2, 0.25) is 0 Å². The maximum atomic E-state index is 14.6. The van der Waals surface area contributed by atoms with Crippen LogP contribution < -0.4 is 10.1 Å². The number of anilines is 1. The number of nitrogens with one attached hydrogen (secondary N) is 2. The van der Waals surface area contributed by atoms with Crippen molar-refractivity contribution in [1.82, 2.24) is 24.5 Å². The number of H-pyrrole nitrogens is 1. The van der Waals surface area contributed by atoms with E-state index in [4.69, 9.17) is 4.74 Å². The number of fused-ring (bicyclic) bond motifs is 2. The molecule has 0 unspecified atom stereocenters. The number of hydrogen-bond acceptors (Lipinski definition) is 6. The minimum absolute atomic E-state index is 0.346. The van der Waals surface area contributed by atoms with Crippen molar-refractivity contribution in [1.29, 1.82) is 5.26 Å². The lowest BCUT2D eigenvalue weighted by atomic mass is 10.1. The quantitative estimate of drug-likeness (QED) is 0.423. The van der Waals surface area contributed by atoms with Crippen LogP contribution in [-0.2, 0) is 6.54 Å². The number of ether oxygens (including phenoxy) is 1. The highest BCUT2D eigenvalue weighted by atomic mass is 19.1. The van der Waals surface area contributed by atoms with E-state index in [2.05, 4.69) is 31.3 Å². The summed E-state index contributed by atoms with van der Waals surface area (Å²) in [5, 5.41) is 13.3. The molecule has 0 spiro atoms. The maximum Gasteiger partial charge on any atom is 0.147 e. The van der Waals surface area contributed by atoms with Gasteiger partial charge in [0.1, 0.15) is 35.5 Å². The molecule has 2 aromatic carbocycles. The van der Waals surface area contributed by atoms with Crippen molar-refractivity contribution in [2.24, 2.45) is 0 Å². The summed E-state index contributed by atoms with van der Waals surface area (Å²) in [6, 6.07) is 14.4. The Bertz CT molecular complexity index is 1480. The number of aromatic amines is 1. The van der Waals surface area contributed by atoms with Crippen LogP contribution in [0, 0.1) is 17.1 Å². The molecule has 0 atom stereocenters. The molecule has 5 rings (SSSR count). The third-order valence-corrected chi connectivity index (χ3v) is 5.33. The van der Waals surface area contributed by atoms with E-state index < -0.39 is 5.82 Å². The molecular weight excluding hydrogens is 409 g/mol. The zero-order valence-corrected chi connectivity index (χ0v) is 17.1. The van der Waals surface area contributed by atoms with Crippen LogP contribution in [0.5, 0.6) is 5.75 Å². The van der Waals surface area contributed by atoms with E-state index in [9.17, 15) is 9.65 Å². The Morgan fingerprint density at radius 2 is 2.06 bits per heavy atom. The second-order valence-electron chi connectivity index (χ2n) is 7.15. The molecule has 3 aromatic heterocycles. The molecule has 0 bridgehead atoms. The Kier molecular flexibility index (Phi) is 4.88. The van der Waals surface area contributed by atoms with E-state index in [0.29, 0.717) is 41.3 Å². The van der Waals surface area contributed by atoms with Crippen LogP contribution in [0.4, 0.5) is 10.2 Å². The number of hydrogen-bond donors (Lipinski definition) is 2. The van der Waals surface area contributed by atoms with Crippen LogP contribution >= 0.6 is 0 Å². The van der Waals surface area contributed by atoms with Crippen LogP contribution in [0.25, 0.3) is 33.2 Å². The third-order valence-electron chi connectivity index (χ3n) is 5.33. The van der Waals surface area contributed by atoms with Crippen LogP contribution in [-0.4, -0.2) is 38.2 Å². The van der Waals surface area contributed by atoms with Crippen molar-refractivity contribution in [2.75, 3.05) is 19.0 Å². The Labute approximate surface area is 182 Å². The van der Waals surface area contributed by atoms with Gasteiger partial charge in [-0.3, -0.25) is 0 Å². The average Bonchev–Trinajstić information content (AvgIpc) is 3.44. The van der Waals surface area contributed by atoms with E-state index >= 15 is 0 Å². The number of nitriles is 1. The largest absolute Gasteiger partial charge is 0.496 e. The summed E-state index contributed by atoms with van der Waals surface area (Å²) in [6.07, 6.45) is 3.14. The maximum absolute atomic E-state index is 14.6. The van der Waals surface area contributed by atoms with E-state index in [1.165, 1.54) is 19.5 Å². The number of imidazole rings is 1. The first kappa shape index (κ1) is 19.5. The number of methoxy groups -OCH3 is 1. The summed E-state index contributed by atoms with van der Waals surface area (Å²) >= 11 is 0. The molecule has 0 saturated carbocycles. The molecule has 0 fully saturated rings. The standard InChI is InChI=1S/C23H18FN7O/c1-32-21-5-3-17(24)23-16(21)9-15(11-25)31(23)7-6-26-22-10-19(28-13-30-22)14-2-4-18-20(8-14)29-12-27-18/h2-5,8-10,12-13H,6-7H2,1H3,(H,27,29)(H,26,28,30). The second-order valence-corrected chi connectivity index (χ2v) is 7.15. The summed E-state index contributed by atoms with van der Waals surface area (Å²) < 4.78 is 21.5. The SMILES string of the molecule is COc1ccc(F)c2c1cc(C#N)n2CCNc1cc(-c2ccc3[nH]cnc3c2)ncn1. The molecule has 0 amide bonds. The van der Waals surface area contributed by atoms with Crippen LogP contribution in [0.3, 0.4) is 0 Å². The van der Waals surface area contributed by atoms with Gasteiger partial charge in [0.25, 0.3) is 0 Å². The lowest BCUT2D eigenvalue weighted by Gasteiger charge is -2.11. The monoisotopic (exact) mass is 427 g/mol. The molecule has 9 heteroatoms. The third kappa shape index (κ3) is 3.37. The van der Waals surface area contributed by atoms with Crippen LogP contribution in [0.1, 0.15) is 5.69 Å². The Morgan fingerprint density at radius 1 is 1.16 bits per heavy atom. The number of nitrogens with zero attached hydrogens (tertiary/aromatic N) is 5. The van der Waals surface area contributed by atoms with E-state index in [-0.39, 0.29) is 0 Å². The molecule has 5 aromatic rings. The number of halogens is 1. The first-order valence-electron chi connectivity index (χ1n) is 9.93. The van der Waals surface area contributed by atoms with Gasteiger partial charge in [0, 0.05) is 30.1 Å². The van der Waals surface area contributed by atoms with Gasteiger partial charge in [-0.25, -0.2) is 19.3 Å². The first-order valence-corrected chi connectivity index (χ1v) is 9.93. The molecule has 0 aliphatic carbocycles. The predicted octanol–water partition coefficient (Wildman–Crippen LogP) is 4.11. The molecule has 0 aliphatic heterocycles. The Hall–Kier alpha value is -4.45. The lowest BCUT2D eigenvalue weighted by Crippen LogP contribution is -2.13. The highest BCUT2D eigenvalue weighted by Gasteiger charge is 2.16. The summed E-state index contributed by atoms with van der Waals surface area (Å²) in [6.45, 7) is 0.805. The van der Waals surface area contributed by atoms with Crippen molar-refractivity contribution in [3.63, 3.8) is 0 Å². The molecular formula is C23H18FN7O. The Balaban J connectivity index is 1.38. The van der Waals surface area contributed by atoms with Gasteiger partial charge in [-0.1, -0.05) is 6.07 Å². The molecule has 0 saturated heterocycles. The van der Waals surface area contributed by atoms with Gasteiger partial charge >= 0.3 is 0 Å². The topological polar surface area (TPSA) is 104 Å². The molecule has 3 heterocycles. The second kappa shape index (κ2) is 8.00. The summed E-state index contributed by atoms with van der Waals surface area (Å²) in [5.41, 5.74) is 4.20. The average molecular weight is 427 g/mol. The molecule has 8 nitrogen and oxygen atoms in total. The molecule has 158 valence electrons. The lowest BCUT2D eigenvalue weighted by molar-refractivity contribution is 0.419. The van der Waals surface area contributed by atoms with Gasteiger partial charge in [-0.05, 0) is 30.3 Å². The van der Waals surface area contributed by atoms with E-state index in [0.717, 1.165) is 22.3 Å². The van der Waals surface area contributed by atoms with Crippen molar-refractivity contribution in [3.8, 4) is 23.1 Å². The van der Waals surface area contributed by atoms with Gasteiger partial charge in [0.05, 0.1) is 35.7 Å². The first-order chi connectivity index (χ1) is 15.7. The molecule has 0 radical (unpaired) electrons. The highest BCUT2D eigenvalue weighted by Crippen LogP contribution is 2.31. The van der Waals surface area contributed by atoms with Gasteiger partial charge in [0.2, 0.25) is 0 Å². The normalized spacial score (nSPS) is 11.0. The van der Waals surface area contributed by atoms with Crippen molar-refractivity contribution in [3.05, 3.63) is 66.6 Å². The zero-order chi connectivity index (χ0) is 22.1. The fourth-order valence-corrected chi connectivity index (χ4v) is 3.81. The van der Waals surface area contributed by atoms with Gasteiger partial charge < -0.3 is 19.6 Å². The summed E-state index contributed by atoms with van der Waals surface area (Å²) in [4.78, 5) is 16.0. The van der Waals surface area contributed by atoms with Gasteiger partial charge in [0.15, 0.2) is 0 Å². The molecule has 2 N–H and O–H groups in total. The van der Waals surface area contributed by atoms with Crippen molar-refractivity contribution in [2.45, 2.75) is 6.54 Å². The summed E-state index contributed by atoms with van der Waals surface area (Å²) in [7, 11) is 1.52. The minimum atomic E-state index is -0.402. The van der Waals surface area contributed by atoms with E-state index in [1.807, 2.05) is 24.3 Å². The zero-order valence-electron chi connectivity index (χ0n) is 17.1. The van der Waals surface area contributed by atoms with Crippen molar-refractivity contribution < 1.29 is 9.13 Å². The predicted molar refractivity (Wildman–Crippen MR) is 119 cm³/mol. The number of rotatable bonds is 6. The minimum Gasteiger partial charge on any atom is -0.496 e. The van der Waals surface area contributed by atoms with E-state index in [1.54, 1.807) is 23.0 Å². The van der Waals surface area contributed by atoms with Gasteiger partial charge in [-0.15, -0.1) is 0 Å². The summed E-state index contributed by atoms with van der Waals surface area (Å²) in [5.74, 6) is 0.754. The Morgan fingerprint density at radius 3 is 2.91 bits per heavy atom. The van der Waals surface area contributed by atoms with Gasteiger partial charge in [-0.2, -0.15) is 5.26 Å². The smallest absolute Gasteiger partial charge is 0.147 e. The fourth-order valence-electron chi connectivity index (χ4n) is 3.81. The number of benzene rings is 2. The molecule has 0 aliphatic rings. The highest BCUT2D eigenvalue weighted by molar-refractivity contribution is 5.89. The molecule has 32 heavy (non-hydrogen) atoms. The number of aromatic nitrogens is 5.